The predicted octanol–water partition coefficient (Wildman–Crippen LogP) is 1.77. The molecule has 0 radical (unpaired) electrons. The molecule has 88 valence electrons. The molecular weight excluding hydrogens is 222 g/mol. The van der Waals surface area contributed by atoms with Gasteiger partial charge in [0.1, 0.15) is 0 Å². The standard InChI is InChI=1S/C11H11N3O3/c12-14-9-5-3-8(4-6-9)11(17)13-7-1-2-10(15)16/h3-6H,1-2,7H2,(H-,13,15,16,17)/p+1. The summed E-state index contributed by atoms with van der Waals surface area (Å²) in [4.78, 5) is 24.7. The van der Waals surface area contributed by atoms with Gasteiger partial charge in [0.2, 0.25) is 5.39 Å². The molecule has 0 bridgehead atoms. The van der Waals surface area contributed by atoms with Crippen molar-refractivity contribution in [2.45, 2.75) is 12.8 Å². The Morgan fingerprint density at radius 1 is 1.29 bits per heavy atom. The van der Waals surface area contributed by atoms with E-state index in [4.69, 9.17) is 10.5 Å². The summed E-state index contributed by atoms with van der Waals surface area (Å²) in [5.41, 5.74) is 0.806. The molecule has 0 saturated heterocycles. The Hall–Kier alpha value is -2.42. The van der Waals surface area contributed by atoms with Crippen LogP contribution in [0.25, 0.3) is 4.98 Å². The van der Waals surface area contributed by atoms with Gasteiger partial charge in [-0.2, -0.15) is 0 Å². The lowest BCUT2D eigenvalue weighted by molar-refractivity contribution is -0.137. The van der Waals surface area contributed by atoms with Crippen molar-refractivity contribution in [1.82, 2.24) is 5.32 Å². The molecule has 0 unspecified atom stereocenters. The van der Waals surface area contributed by atoms with E-state index in [1.54, 1.807) is 0 Å². The minimum absolute atomic E-state index is 0.0304. The third kappa shape index (κ3) is 4.30. The monoisotopic (exact) mass is 234 g/mol. The summed E-state index contributed by atoms with van der Waals surface area (Å²) < 4.78 is 0. The van der Waals surface area contributed by atoms with Crippen molar-refractivity contribution in [3.63, 3.8) is 0 Å². The highest BCUT2D eigenvalue weighted by molar-refractivity contribution is 5.94. The second kappa shape index (κ2) is 6.23. The molecule has 0 aliphatic heterocycles. The van der Waals surface area contributed by atoms with Gasteiger partial charge in [-0.05, 0) is 18.6 Å². The molecule has 17 heavy (non-hydrogen) atoms. The molecule has 1 aromatic carbocycles. The van der Waals surface area contributed by atoms with Crippen LogP contribution in [0, 0.1) is 5.39 Å². The molecule has 0 aromatic heterocycles. The number of carbonyl (C=O) groups is 2. The molecule has 0 aliphatic rings. The van der Waals surface area contributed by atoms with Crippen LogP contribution in [0.5, 0.6) is 0 Å². The summed E-state index contributed by atoms with van der Waals surface area (Å²) in [6.07, 6.45) is 0.424. The molecule has 1 amide bonds. The number of hydrogen-bond acceptors (Lipinski definition) is 3. The van der Waals surface area contributed by atoms with Crippen LogP contribution in [0.15, 0.2) is 24.3 Å². The van der Waals surface area contributed by atoms with Crippen molar-refractivity contribution in [2.75, 3.05) is 6.54 Å². The summed E-state index contributed by atoms with van der Waals surface area (Å²) in [6, 6.07) is 6.07. The number of hydrogen-bond donors (Lipinski definition) is 2. The highest BCUT2D eigenvalue weighted by atomic mass is 16.4. The average Bonchev–Trinajstić information content (AvgIpc) is 2.34. The van der Waals surface area contributed by atoms with Crippen LogP contribution in [-0.2, 0) is 4.79 Å². The molecule has 0 aliphatic carbocycles. The van der Waals surface area contributed by atoms with E-state index in [2.05, 4.69) is 10.3 Å². The second-order valence-corrected chi connectivity index (χ2v) is 3.40. The first-order valence-electron chi connectivity index (χ1n) is 5.08. The molecule has 1 rings (SSSR count). The number of nitrogens with one attached hydrogen (secondary N) is 1. The van der Waals surface area contributed by atoms with Crippen molar-refractivity contribution in [3.05, 3.63) is 34.8 Å². The third-order valence-electron chi connectivity index (χ3n) is 2.10. The summed E-state index contributed by atoms with van der Waals surface area (Å²) in [5.74, 6) is -1.16. The molecule has 6 nitrogen and oxygen atoms in total. The van der Waals surface area contributed by atoms with Crippen LogP contribution >= 0.6 is 0 Å². The van der Waals surface area contributed by atoms with Crippen molar-refractivity contribution in [3.8, 4) is 0 Å². The maximum atomic E-state index is 11.5. The highest BCUT2D eigenvalue weighted by Gasteiger charge is 2.08. The normalized spacial score (nSPS) is 9.35. The SMILES string of the molecule is N#[N+]c1ccc(C(=O)NCCCC(=O)O)cc1. The lowest BCUT2D eigenvalue weighted by atomic mass is 10.2. The van der Waals surface area contributed by atoms with Crippen molar-refractivity contribution in [1.29, 1.82) is 5.39 Å². The van der Waals surface area contributed by atoms with E-state index in [1.165, 1.54) is 24.3 Å². The molecule has 0 fully saturated rings. The first kappa shape index (κ1) is 12.6. The quantitative estimate of drug-likeness (QED) is 0.599. The molecule has 1 aromatic rings. The fourth-order valence-electron chi connectivity index (χ4n) is 1.22. The van der Waals surface area contributed by atoms with Gasteiger partial charge in [-0.25, -0.2) is 0 Å². The fraction of sp³-hybridized carbons (Fsp3) is 0.273. The predicted molar refractivity (Wildman–Crippen MR) is 60.4 cm³/mol. The van der Waals surface area contributed by atoms with Gasteiger partial charge in [-0.3, -0.25) is 9.59 Å². The zero-order valence-corrected chi connectivity index (χ0v) is 9.09. The Morgan fingerprint density at radius 3 is 2.47 bits per heavy atom. The van der Waals surface area contributed by atoms with E-state index in [9.17, 15) is 9.59 Å². The van der Waals surface area contributed by atoms with Crippen molar-refractivity contribution in [2.24, 2.45) is 0 Å². The van der Waals surface area contributed by atoms with Crippen LogP contribution < -0.4 is 5.32 Å². The van der Waals surface area contributed by atoms with E-state index in [-0.39, 0.29) is 12.3 Å². The zero-order chi connectivity index (χ0) is 12.7. The Labute approximate surface area is 97.9 Å². The van der Waals surface area contributed by atoms with Crippen LogP contribution in [-0.4, -0.2) is 23.5 Å². The summed E-state index contributed by atoms with van der Waals surface area (Å²) in [5, 5.41) is 19.5. The maximum Gasteiger partial charge on any atom is 0.385 e. The Kier molecular flexibility index (Phi) is 4.63. The van der Waals surface area contributed by atoms with E-state index < -0.39 is 5.97 Å². The number of carbonyl (C=O) groups excluding carboxylic acids is 1. The second-order valence-electron chi connectivity index (χ2n) is 3.40. The number of diazo groups is 1. The number of nitrogens with zero attached hydrogens (tertiary/aromatic N) is 2. The fourth-order valence-corrected chi connectivity index (χ4v) is 1.22. The summed E-state index contributed by atoms with van der Waals surface area (Å²) in [7, 11) is 0. The first-order chi connectivity index (χ1) is 8.13. The summed E-state index contributed by atoms with van der Waals surface area (Å²) >= 11 is 0. The zero-order valence-electron chi connectivity index (χ0n) is 9.09. The van der Waals surface area contributed by atoms with Crippen LogP contribution in [0.1, 0.15) is 23.2 Å². The average molecular weight is 234 g/mol. The van der Waals surface area contributed by atoms with Gasteiger partial charge < -0.3 is 10.4 Å². The topological polar surface area (TPSA) is 94.5 Å². The Balaban J connectivity index is 2.42. The van der Waals surface area contributed by atoms with Crippen LogP contribution in [0.4, 0.5) is 5.69 Å². The molecule has 0 atom stereocenters. The summed E-state index contributed by atoms with van der Waals surface area (Å²) in [6.45, 7) is 0.317. The third-order valence-corrected chi connectivity index (χ3v) is 2.10. The van der Waals surface area contributed by atoms with Gasteiger partial charge in [-0.15, -0.1) is 0 Å². The van der Waals surface area contributed by atoms with E-state index in [0.29, 0.717) is 24.2 Å². The van der Waals surface area contributed by atoms with E-state index in [1.807, 2.05) is 0 Å². The minimum Gasteiger partial charge on any atom is -0.481 e. The van der Waals surface area contributed by atoms with Crippen molar-refractivity contribution < 1.29 is 14.7 Å². The van der Waals surface area contributed by atoms with Gasteiger partial charge in [-0.1, -0.05) is 0 Å². The van der Waals surface area contributed by atoms with E-state index in [0.717, 1.165) is 0 Å². The molecule has 0 saturated carbocycles. The number of aliphatic carboxylic acids is 1. The number of amides is 1. The molecule has 0 spiro atoms. The molecule has 6 heteroatoms. The first-order valence-corrected chi connectivity index (χ1v) is 5.08. The van der Waals surface area contributed by atoms with Crippen LogP contribution in [0.3, 0.4) is 0 Å². The minimum atomic E-state index is -0.881. The molecule has 0 heterocycles. The van der Waals surface area contributed by atoms with Gasteiger partial charge in [0, 0.05) is 30.7 Å². The highest BCUT2D eigenvalue weighted by Crippen LogP contribution is 2.12. The Morgan fingerprint density at radius 2 is 1.94 bits per heavy atom. The lowest BCUT2D eigenvalue weighted by Crippen LogP contribution is -2.24. The largest absolute Gasteiger partial charge is 0.481 e. The number of rotatable bonds is 5. The number of carboxylic acid groups (broad SMARTS) is 1. The van der Waals surface area contributed by atoms with Gasteiger partial charge in [0.25, 0.3) is 5.91 Å². The number of carboxylic acids is 1. The Bertz CT molecular complexity index is 448. The maximum absolute atomic E-state index is 11.5. The lowest BCUT2D eigenvalue weighted by Gasteiger charge is -2.02. The smallest absolute Gasteiger partial charge is 0.385 e. The number of benzene rings is 1. The molecule has 2 N–H and O–H groups in total. The van der Waals surface area contributed by atoms with Crippen molar-refractivity contribution >= 4 is 17.6 Å². The molecular formula is C11H12N3O3+. The van der Waals surface area contributed by atoms with Crippen LogP contribution in [0.2, 0.25) is 0 Å². The van der Waals surface area contributed by atoms with E-state index >= 15 is 0 Å². The van der Waals surface area contributed by atoms with Gasteiger partial charge in [0.05, 0.1) is 0 Å². The van der Waals surface area contributed by atoms with Gasteiger partial charge in [0.15, 0.2) is 4.98 Å². The van der Waals surface area contributed by atoms with Gasteiger partial charge >= 0.3 is 11.7 Å².